The van der Waals surface area contributed by atoms with Gasteiger partial charge in [-0.15, -0.1) is 0 Å². The topological polar surface area (TPSA) is 108 Å². The maximum Gasteiger partial charge on any atom is 0.237 e. The molecule has 1 amide bonds. The number of aliphatic hydroxyl groups excluding tert-OH is 2. The molecule has 1 saturated heterocycles. The lowest BCUT2D eigenvalue weighted by Gasteiger charge is -2.39. The fourth-order valence-electron chi connectivity index (χ4n) is 4.99. The molecule has 1 heterocycles. The number of hydrogen-bond donors (Lipinski definition) is 5. The summed E-state index contributed by atoms with van der Waals surface area (Å²) in [6, 6.07) is 6.57. The zero-order valence-corrected chi connectivity index (χ0v) is 22.0. The molecule has 0 bridgehead atoms. The van der Waals surface area contributed by atoms with Crippen molar-refractivity contribution in [3.63, 3.8) is 0 Å². The summed E-state index contributed by atoms with van der Waals surface area (Å²) in [5, 5.41) is 25.1. The van der Waals surface area contributed by atoms with E-state index in [1.54, 1.807) is 0 Å². The molecule has 2 aromatic carbocycles. The Kier molecular flexibility index (Phi) is 9.02. The maximum atomic E-state index is 15.4. The Morgan fingerprint density at radius 3 is 2.47 bits per heavy atom. The second kappa shape index (κ2) is 11.3. The third-order valence-corrected chi connectivity index (χ3v) is 6.99. The van der Waals surface area contributed by atoms with Crippen LogP contribution < -0.4 is 16.4 Å². The van der Waals surface area contributed by atoms with E-state index in [0.29, 0.717) is 12.0 Å². The van der Waals surface area contributed by atoms with E-state index < -0.39 is 53.8 Å². The summed E-state index contributed by atoms with van der Waals surface area (Å²) in [5.41, 5.74) is 5.87. The molecule has 6 nitrogen and oxygen atoms in total. The van der Waals surface area contributed by atoms with Gasteiger partial charge in [-0.2, -0.15) is 0 Å². The molecule has 5 atom stereocenters. The molecule has 5 unspecified atom stereocenters. The summed E-state index contributed by atoms with van der Waals surface area (Å²) in [6.07, 6.45) is -0.376. The van der Waals surface area contributed by atoms with Crippen LogP contribution in [0.2, 0.25) is 10.0 Å². The number of halogens is 4. The molecule has 3 rings (SSSR count). The first-order chi connectivity index (χ1) is 16.8. The molecule has 1 aliphatic rings. The largest absolute Gasteiger partial charge is 0.394 e. The molecule has 198 valence electrons. The first-order valence-corrected chi connectivity index (χ1v) is 12.5. The van der Waals surface area contributed by atoms with Crippen LogP contribution in [0.4, 0.5) is 8.78 Å². The van der Waals surface area contributed by atoms with E-state index in [2.05, 4.69) is 10.6 Å². The standard InChI is InChI=1S/C26H33Cl2F2N3O3/c1-25(2,3)12-21-26(31,19-5-4-15(27)11-20(19)30)22(14-8-16(28)10-17(29)9-14)23(33-21)24(36)32-7-6-18(35)13-34/h4-5,8-11,18,21-23,33-35H,6-7,12-13,31H2,1-3H3,(H,32,36). The molecule has 10 heteroatoms. The minimum absolute atomic E-state index is 0.0895. The van der Waals surface area contributed by atoms with Gasteiger partial charge in [-0.05, 0) is 54.2 Å². The summed E-state index contributed by atoms with van der Waals surface area (Å²) in [6.45, 7) is 5.67. The number of carbonyl (C=O) groups is 1. The van der Waals surface area contributed by atoms with Gasteiger partial charge in [0.2, 0.25) is 5.91 Å². The average Bonchev–Trinajstić information content (AvgIpc) is 3.04. The van der Waals surface area contributed by atoms with Crippen molar-refractivity contribution in [2.45, 2.75) is 63.3 Å². The molecule has 0 aliphatic carbocycles. The van der Waals surface area contributed by atoms with Crippen molar-refractivity contribution < 1.29 is 23.8 Å². The molecule has 1 fully saturated rings. The van der Waals surface area contributed by atoms with Gasteiger partial charge in [-0.25, -0.2) is 8.78 Å². The summed E-state index contributed by atoms with van der Waals surface area (Å²) in [4.78, 5) is 13.4. The van der Waals surface area contributed by atoms with Crippen molar-refractivity contribution in [3.8, 4) is 0 Å². The van der Waals surface area contributed by atoms with Crippen molar-refractivity contribution in [1.29, 1.82) is 0 Å². The molecular formula is C26H33Cl2F2N3O3. The van der Waals surface area contributed by atoms with Crippen molar-refractivity contribution in [3.05, 3.63) is 69.2 Å². The van der Waals surface area contributed by atoms with Crippen molar-refractivity contribution in [2.24, 2.45) is 11.1 Å². The SMILES string of the molecule is CC(C)(C)CC1NC(C(=O)NCCC(O)CO)C(c2cc(F)cc(Cl)c2)C1(N)c1ccc(Cl)cc1F. The highest BCUT2D eigenvalue weighted by atomic mass is 35.5. The van der Waals surface area contributed by atoms with Crippen LogP contribution in [0, 0.1) is 17.0 Å². The molecule has 36 heavy (non-hydrogen) atoms. The fraction of sp³-hybridized carbons (Fsp3) is 0.500. The van der Waals surface area contributed by atoms with Gasteiger partial charge < -0.3 is 26.6 Å². The van der Waals surface area contributed by atoms with Gasteiger partial charge in [0.1, 0.15) is 11.6 Å². The van der Waals surface area contributed by atoms with Crippen LogP contribution >= 0.6 is 23.2 Å². The van der Waals surface area contributed by atoms with Crippen LogP contribution in [-0.2, 0) is 10.3 Å². The highest BCUT2D eigenvalue weighted by Crippen LogP contribution is 2.49. The maximum absolute atomic E-state index is 15.4. The van der Waals surface area contributed by atoms with E-state index >= 15 is 4.39 Å². The Bertz CT molecular complexity index is 1080. The van der Waals surface area contributed by atoms with Crippen LogP contribution in [0.5, 0.6) is 0 Å². The predicted octanol–water partition coefficient (Wildman–Crippen LogP) is 3.85. The van der Waals surface area contributed by atoms with E-state index in [0.717, 1.165) is 6.07 Å². The highest BCUT2D eigenvalue weighted by molar-refractivity contribution is 6.30. The van der Waals surface area contributed by atoms with Crippen molar-refractivity contribution in [1.82, 2.24) is 10.6 Å². The van der Waals surface area contributed by atoms with E-state index in [1.165, 1.54) is 30.3 Å². The number of benzene rings is 2. The molecular weight excluding hydrogens is 511 g/mol. The lowest BCUT2D eigenvalue weighted by molar-refractivity contribution is -0.123. The van der Waals surface area contributed by atoms with Crippen LogP contribution in [0.3, 0.4) is 0 Å². The summed E-state index contributed by atoms with van der Waals surface area (Å²) in [7, 11) is 0. The second-order valence-electron chi connectivity index (χ2n) is 10.6. The van der Waals surface area contributed by atoms with E-state index in [-0.39, 0.29) is 34.0 Å². The smallest absolute Gasteiger partial charge is 0.237 e. The van der Waals surface area contributed by atoms with Gasteiger partial charge in [-0.1, -0.05) is 50.0 Å². The highest BCUT2D eigenvalue weighted by Gasteiger charge is 2.57. The molecule has 0 saturated carbocycles. The second-order valence-corrected chi connectivity index (χ2v) is 11.5. The molecule has 2 aromatic rings. The molecule has 6 N–H and O–H groups in total. The minimum Gasteiger partial charge on any atom is -0.394 e. The van der Waals surface area contributed by atoms with Crippen LogP contribution in [0.1, 0.15) is 50.7 Å². The number of nitrogens with two attached hydrogens (primary N) is 1. The normalized spacial score (nSPS) is 25.1. The Balaban J connectivity index is 2.16. The van der Waals surface area contributed by atoms with Gasteiger partial charge in [0.25, 0.3) is 0 Å². The van der Waals surface area contributed by atoms with E-state index in [4.69, 9.17) is 34.0 Å². The van der Waals surface area contributed by atoms with Gasteiger partial charge >= 0.3 is 0 Å². The Hall–Kier alpha value is -1.81. The first-order valence-electron chi connectivity index (χ1n) is 11.8. The number of aliphatic hydroxyl groups is 2. The third-order valence-electron chi connectivity index (χ3n) is 6.53. The predicted molar refractivity (Wildman–Crippen MR) is 137 cm³/mol. The van der Waals surface area contributed by atoms with Crippen LogP contribution in [-0.4, -0.2) is 47.5 Å². The number of rotatable bonds is 8. The fourth-order valence-corrected chi connectivity index (χ4v) is 5.38. The third kappa shape index (κ3) is 6.36. The van der Waals surface area contributed by atoms with Gasteiger partial charge in [-0.3, -0.25) is 4.79 Å². The number of carbonyl (C=O) groups excluding carboxylic acids is 1. The monoisotopic (exact) mass is 543 g/mol. The molecule has 1 aliphatic heterocycles. The number of amides is 1. The first kappa shape index (κ1) is 28.8. The van der Waals surface area contributed by atoms with Gasteiger partial charge in [0, 0.05) is 34.1 Å². The molecule has 0 spiro atoms. The van der Waals surface area contributed by atoms with Gasteiger partial charge in [0.05, 0.1) is 24.3 Å². The van der Waals surface area contributed by atoms with Crippen molar-refractivity contribution >= 4 is 29.1 Å². The quantitative estimate of drug-likeness (QED) is 0.347. The Labute approximate surface area is 220 Å². The Morgan fingerprint density at radius 1 is 1.19 bits per heavy atom. The van der Waals surface area contributed by atoms with Crippen LogP contribution in [0.15, 0.2) is 36.4 Å². The summed E-state index contributed by atoms with van der Waals surface area (Å²) >= 11 is 12.2. The molecule has 0 radical (unpaired) electrons. The van der Waals surface area contributed by atoms with E-state index in [9.17, 15) is 14.3 Å². The summed E-state index contributed by atoms with van der Waals surface area (Å²) in [5.74, 6) is -2.60. The zero-order chi connectivity index (χ0) is 26.8. The Morgan fingerprint density at radius 2 is 1.89 bits per heavy atom. The van der Waals surface area contributed by atoms with Gasteiger partial charge in [0.15, 0.2) is 0 Å². The number of hydrogen-bond acceptors (Lipinski definition) is 5. The lowest BCUT2D eigenvalue weighted by Crippen LogP contribution is -2.52. The summed E-state index contributed by atoms with van der Waals surface area (Å²) < 4.78 is 29.9. The van der Waals surface area contributed by atoms with E-state index in [1.807, 2.05) is 20.8 Å². The number of nitrogens with one attached hydrogen (secondary N) is 2. The van der Waals surface area contributed by atoms with Crippen LogP contribution in [0.25, 0.3) is 0 Å². The minimum atomic E-state index is -1.48. The zero-order valence-electron chi connectivity index (χ0n) is 20.5. The average molecular weight is 544 g/mol. The lowest BCUT2D eigenvalue weighted by atomic mass is 9.68. The van der Waals surface area contributed by atoms with Crippen molar-refractivity contribution in [2.75, 3.05) is 13.2 Å². The molecule has 0 aromatic heterocycles.